The van der Waals surface area contributed by atoms with E-state index < -0.39 is 5.97 Å². The van der Waals surface area contributed by atoms with Crippen molar-refractivity contribution >= 4 is 5.97 Å². The molecule has 0 aromatic carbocycles. The van der Waals surface area contributed by atoms with Crippen molar-refractivity contribution in [3.8, 4) is 0 Å². The van der Waals surface area contributed by atoms with Gasteiger partial charge in [0.2, 0.25) is 0 Å². The van der Waals surface area contributed by atoms with Gasteiger partial charge in [0, 0.05) is 13.0 Å². The van der Waals surface area contributed by atoms with E-state index in [0.29, 0.717) is 5.92 Å². The number of hydrogen-bond acceptors (Lipinski definition) is 3. The Morgan fingerprint density at radius 2 is 2.33 bits per heavy atom. The van der Waals surface area contributed by atoms with Gasteiger partial charge < -0.3 is 5.11 Å². The average molecular weight is 251 g/mol. The summed E-state index contributed by atoms with van der Waals surface area (Å²) in [7, 11) is 0. The molecule has 5 nitrogen and oxygen atoms in total. The maximum absolute atomic E-state index is 11.2. The topological polar surface area (TPSA) is 68.0 Å². The molecule has 0 radical (unpaired) electrons. The molecule has 1 heterocycles. The van der Waals surface area contributed by atoms with E-state index in [4.69, 9.17) is 0 Å². The van der Waals surface area contributed by atoms with Crippen LogP contribution < -0.4 is 0 Å². The third-order valence-electron chi connectivity index (χ3n) is 3.65. The van der Waals surface area contributed by atoms with E-state index in [0.717, 1.165) is 38.1 Å². The van der Waals surface area contributed by atoms with Crippen LogP contribution in [0.2, 0.25) is 0 Å². The van der Waals surface area contributed by atoms with Crippen molar-refractivity contribution in [3.05, 3.63) is 12.2 Å². The normalized spacial score (nSPS) is 23.7. The molecule has 0 saturated heterocycles. The minimum atomic E-state index is -0.660. The van der Waals surface area contributed by atoms with Crippen LogP contribution in [0.25, 0.3) is 0 Å². The van der Waals surface area contributed by atoms with Crippen LogP contribution in [0.5, 0.6) is 0 Å². The van der Waals surface area contributed by atoms with Crippen LogP contribution >= 0.6 is 0 Å². The van der Waals surface area contributed by atoms with E-state index >= 15 is 0 Å². The molecule has 18 heavy (non-hydrogen) atoms. The summed E-state index contributed by atoms with van der Waals surface area (Å²) in [5.74, 6) is 0.811. The highest BCUT2D eigenvalue weighted by Gasteiger charge is 2.33. The monoisotopic (exact) mass is 251 g/mol. The summed E-state index contributed by atoms with van der Waals surface area (Å²) in [5, 5.41) is 13.4. The summed E-state index contributed by atoms with van der Waals surface area (Å²) < 4.78 is 1.92. The summed E-state index contributed by atoms with van der Waals surface area (Å²) in [5.41, 5.74) is 0. The van der Waals surface area contributed by atoms with Gasteiger partial charge in [0.15, 0.2) is 0 Å². The molecule has 1 aliphatic carbocycles. The first-order valence-corrected chi connectivity index (χ1v) is 6.67. The number of nitrogens with zero attached hydrogens (tertiary/aromatic N) is 3. The lowest BCUT2D eigenvalue weighted by Gasteiger charge is -2.16. The number of carboxylic acids is 1. The minimum Gasteiger partial charge on any atom is -0.481 e. The Hall–Kier alpha value is -1.39. The van der Waals surface area contributed by atoms with Gasteiger partial charge in [-0.3, -0.25) is 4.79 Å². The van der Waals surface area contributed by atoms with Crippen LogP contribution in [0.1, 0.15) is 38.9 Å². The summed E-state index contributed by atoms with van der Waals surface area (Å²) in [4.78, 5) is 15.4. The molecule has 1 aromatic heterocycles. The van der Waals surface area contributed by atoms with Gasteiger partial charge >= 0.3 is 5.97 Å². The molecule has 0 spiro atoms. The lowest BCUT2D eigenvalue weighted by Crippen LogP contribution is -2.22. The molecule has 0 amide bonds. The van der Waals surface area contributed by atoms with Crippen molar-refractivity contribution in [2.75, 3.05) is 0 Å². The number of aliphatic carboxylic acids is 1. The van der Waals surface area contributed by atoms with Crippen LogP contribution in [-0.2, 0) is 17.8 Å². The predicted octanol–water partition coefficient (Wildman–Crippen LogP) is 1.98. The minimum absolute atomic E-state index is 0.200. The Morgan fingerprint density at radius 3 is 3.00 bits per heavy atom. The van der Waals surface area contributed by atoms with E-state index in [1.54, 1.807) is 6.33 Å². The third kappa shape index (κ3) is 2.89. The van der Waals surface area contributed by atoms with E-state index in [-0.39, 0.29) is 11.8 Å². The summed E-state index contributed by atoms with van der Waals surface area (Å²) in [6.45, 7) is 5.13. The molecular weight excluding hydrogens is 230 g/mol. The molecule has 2 atom stereocenters. The van der Waals surface area contributed by atoms with Gasteiger partial charge in [-0.05, 0) is 24.7 Å². The Balaban J connectivity index is 2.05. The fourth-order valence-electron chi connectivity index (χ4n) is 2.79. The molecule has 1 fully saturated rings. The van der Waals surface area contributed by atoms with Crippen LogP contribution in [0.3, 0.4) is 0 Å². The number of rotatable bonds is 5. The molecular formula is C13H21N3O2. The van der Waals surface area contributed by atoms with E-state index in [1.165, 1.54) is 0 Å². The number of carbonyl (C=O) groups is 1. The van der Waals surface area contributed by atoms with Gasteiger partial charge in [-0.25, -0.2) is 9.67 Å². The second-order valence-electron chi connectivity index (χ2n) is 5.59. The first-order valence-electron chi connectivity index (χ1n) is 6.67. The van der Waals surface area contributed by atoms with Crippen molar-refractivity contribution < 1.29 is 9.90 Å². The Kier molecular flexibility index (Phi) is 3.99. The Labute approximate surface area is 107 Å². The molecule has 5 heteroatoms. The highest BCUT2D eigenvalue weighted by atomic mass is 16.4. The zero-order valence-electron chi connectivity index (χ0n) is 11.0. The maximum atomic E-state index is 11.2. The van der Waals surface area contributed by atoms with Crippen LogP contribution in [0, 0.1) is 17.8 Å². The van der Waals surface area contributed by atoms with Crippen molar-refractivity contribution in [2.24, 2.45) is 17.8 Å². The van der Waals surface area contributed by atoms with Gasteiger partial charge in [0.05, 0.1) is 5.92 Å². The van der Waals surface area contributed by atoms with Gasteiger partial charge in [-0.2, -0.15) is 5.10 Å². The molecule has 1 aliphatic rings. The quantitative estimate of drug-likeness (QED) is 0.868. The summed E-state index contributed by atoms with van der Waals surface area (Å²) >= 11 is 0. The lowest BCUT2D eigenvalue weighted by molar-refractivity contribution is -0.142. The number of hydrogen-bond donors (Lipinski definition) is 1. The molecule has 0 aliphatic heterocycles. The molecule has 2 unspecified atom stereocenters. The van der Waals surface area contributed by atoms with Crippen molar-refractivity contribution in [2.45, 2.75) is 46.1 Å². The highest BCUT2D eigenvalue weighted by molar-refractivity contribution is 5.70. The average Bonchev–Trinajstić information content (AvgIpc) is 2.88. The van der Waals surface area contributed by atoms with E-state index in [1.807, 2.05) is 4.68 Å². The Morgan fingerprint density at radius 1 is 1.56 bits per heavy atom. The summed E-state index contributed by atoms with van der Waals surface area (Å²) in [6.07, 6.45) is 5.12. The molecule has 0 bridgehead atoms. The van der Waals surface area contributed by atoms with Crippen molar-refractivity contribution in [1.29, 1.82) is 0 Å². The zero-order valence-corrected chi connectivity index (χ0v) is 11.0. The molecule has 100 valence electrons. The molecule has 1 aromatic rings. The Bertz CT molecular complexity index is 414. The van der Waals surface area contributed by atoms with Gasteiger partial charge in [0.25, 0.3) is 0 Å². The smallest absolute Gasteiger partial charge is 0.306 e. The number of aromatic nitrogens is 3. The zero-order chi connectivity index (χ0) is 13.1. The van der Waals surface area contributed by atoms with Crippen molar-refractivity contribution in [1.82, 2.24) is 14.8 Å². The highest BCUT2D eigenvalue weighted by Crippen LogP contribution is 2.34. The van der Waals surface area contributed by atoms with E-state index in [9.17, 15) is 9.90 Å². The fourth-order valence-corrected chi connectivity index (χ4v) is 2.79. The summed E-state index contributed by atoms with van der Waals surface area (Å²) in [6, 6.07) is 0. The van der Waals surface area contributed by atoms with Gasteiger partial charge in [-0.1, -0.05) is 20.3 Å². The molecule has 1 saturated carbocycles. The van der Waals surface area contributed by atoms with Crippen molar-refractivity contribution in [3.63, 3.8) is 0 Å². The maximum Gasteiger partial charge on any atom is 0.306 e. The standard InChI is InChI=1S/C13H21N3O2/c1-9(2)7-16-12(14-8-15-16)6-10-4-3-5-11(10)13(17)18/h8-11H,3-7H2,1-2H3,(H,17,18). The second-order valence-corrected chi connectivity index (χ2v) is 5.59. The fraction of sp³-hybridized carbons (Fsp3) is 0.769. The first-order chi connectivity index (χ1) is 8.58. The third-order valence-corrected chi connectivity index (χ3v) is 3.65. The van der Waals surface area contributed by atoms with Crippen LogP contribution in [-0.4, -0.2) is 25.8 Å². The molecule has 1 N–H and O–H groups in total. The SMILES string of the molecule is CC(C)Cn1ncnc1CC1CCCC1C(=O)O. The largest absolute Gasteiger partial charge is 0.481 e. The van der Waals surface area contributed by atoms with Crippen LogP contribution in [0.4, 0.5) is 0 Å². The first kappa shape index (κ1) is 13.1. The number of carboxylic acid groups (broad SMARTS) is 1. The molecule has 2 rings (SSSR count). The predicted molar refractivity (Wildman–Crippen MR) is 67.0 cm³/mol. The van der Waals surface area contributed by atoms with Gasteiger partial charge in [-0.15, -0.1) is 0 Å². The van der Waals surface area contributed by atoms with E-state index in [2.05, 4.69) is 23.9 Å². The lowest BCUT2D eigenvalue weighted by atomic mass is 9.93. The van der Waals surface area contributed by atoms with Crippen LogP contribution in [0.15, 0.2) is 6.33 Å². The second kappa shape index (κ2) is 5.50. The van der Waals surface area contributed by atoms with Gasteiger partial charge in [0.1, 0.15) is 12.2 Å².